The number of amides is 2. The van der Waals surface area contributed by atoms with Gasteiger partial charge in [0.15, 0.2) is 0 Å². The SMILES string of the molecule is CSc1ccc(NC(=O)[C@@H](Cc2c[nH]c3ccccc23)NC(C)=O)cc1Cl. The summed E-state index contributed by atoms with van der Waals surface area (Å²) in [7, 11) is 0. The molecule has 3 N–H and O–H groups in total. The minimum atomic E-state index is -0.694. The fourth-order valence-corrected chi connectivity index (χ4v) is 3.82. The third kappa shape index (κ3) is 4.64. The molecule has 0 saturated heterocycles. The molecule has 0 spiro atoms. The number of carbonyl (C=O) groups is 2. The minimum absolute atomic E-state index is 0.259. The van der Waals surface area contributed by atoms with Crippen molar-refractivity contribution in [2.45, 2.75) is 24.3 Å². The van der Waals surface area contributed by atoms with Gasteiger partial charge in [-0.3, -0.25) is 9.59 Å². The number of halogens is 1. The molecule has 0 aliphatic rings. The van der Waals surface area contributed by atoms with Crippen LogP contribution in [-0.4, -0.2) is 29.1 Å². The van der Waals surface area contributed by atoms with Crippen LogP contribution in [0.4, 0.5) is 5.69 Å². The second-order valence-electron chi connectivity index (χ2n) is 6.16. The molecule has 3 aromatic rings. The lowest BCUT2D eigenvalue weighted by Gasteiger charge is -2.18. The van der Waals surface area contributed by atoms with Crippen molar-refractivity contribution in [1.29, 1.82) is 0 Å². The van der Waals surface area contributed by atoms with Gasteiger partial charge in [0.1, 0.15) is 6.04 Å². The van der Waals surface area contributed by atoms with Crippen molar-refractivity contribution in [2.75, 3.05) is 11.6 Å². The molecule has 0 bridgehead atoms. The maximum atomic E-state index is 12.8. The second-order valence-corrected chi connectivity index (χ2v) is 7.41. The molecule has 2 amide bonds. The summed E-state index contributed by atoms with van der Waals surface area (Å²) >= 11 is 7.75. The van der Waals surface area contributed by atoms with E-state index in [1.807, 2.05) is 42.8 Å². The van der Waals surface area contributed by atoms with Crippen LogP contribution in [0, 0.1) is 0 Å². The summed E-state index contributed by atoms with van der Waals surface area (Å²) in [5.41, 5.74) is 2.56. The zero-order chi connectivity index (χ0) is 19.4. The summed E-state index contributed by atoms with van der Waals surface area (Å²) in [6, 6.07) is 12.5. The molecule has 140 valence electrons. The number of aromatic amines is 1. The molecule has 2 aromatic carbocycles. The topological polar surface area (TPSA) is 74.0 Å². The largest absolute Gasteiger partial charge is 0.361 e. The minimum Gasteiger partial charge on any atom is -0.361 e. The van der Waals surface area contributed by atoms with Gasteiger partial charge in [-0.1, -0.05) is 29.8 Å². The monoisotopic (exact) mass is 401 g/mol. The van der Waals surface area contributed by atoms with Crippen molar-refractivity contribution < 1.29 is 9.59 Å². The second kappa shape index (κ2) is 8.50. The Morgan fingerprint density at radius 1 is 1.22 bits per heavy atom. The molecule has 7 heteroatoms. The highest BCUT2D eigenvalue weighted by Crippen LogP contribution is 2.28. The van der Waals surface area contributed by atoms with Crippen LogP contribution in [0.25, 0.3) is 10.9 Å². The lowest BCUT2D eigenvalue weighted by Crippen LogP contribution is -2.44. The molecular formula is C20H20ClN3O2S. The maximum Gasteiger partial charge on any atom is 0.247 e. The van der Waals surface area contributed by atoms with Crippen LogP contribution in [0.3, 0.4) is 0 Å². The van der Waals surface area contributed by atoms with Gasteiger partial charge in [-0.25, -0.2) is 0 Å². The van der Waals surface area contributed by atoms with Crippen LogP contribution in [0.5, 0.6) is 0 Å². The van der Waals surface area contributed by atoms with E-state index in [4.69, 9.17) is 11.6 Å². The Morgan fingerprint density at radius 2 is 2.00 bits per heavy atom. The fraction of sp³-hybridized carbons (Fsp3) is 0.200. The van der Waals surface area contributed by atoms with Crippen molar-refractivity contribution in [2.24, 2.45) is 0 Å². The van der Waals surface area contributed by atoms with E-state index in [0.717, 1.165) is 21.4 Å². The number of hydrogen-bond donors (Lipinski definition) is 3. The number of thioether (sulfide) groups is 1. The molecule has 3 rings (SSSR count). The average molecular weight is 402 g/mol. The summed E-state index contributed by atoms with van der Waals surface area (Å²) < 4.78 is 0. The van der Waals surface area contributed by atoms with Crippen LogP contribution in [0.2, 0.25) is 5.02 Å². The highest BCUT2D eigenvalue weighted by atomic mass is 35.5. The third-order valence-electron chi connectivity index (χ3n) is 4.21. The number of carbonyl (C=O) groups excluding carboxylic acids is 2. The normalized spacial score (nSPS) is 12.0. The maximum absolute atomic E-state index is 12.8. The molecule has 27 heavy (non-hydrogen) atoms. The van der Waals surface area contributed by atoms with Gasteiger partial charge in [0.2, 0.25) is 11.8 Å². The van der Waals surface area contributed by atoms with Gasteiger partial charge in [-0.2, -0.15) is 0 Å². The van der Waals surface area contributed by atoms with Crippen LogP contribution in [0.1, 0.15) is 12.5 Å². The first-order chi connectivity index (χ1) is 13.0. The highest BCUT2D eigenvalue weighted by molar-refractivity contribution is 7.98. The zero-order valence-corrected chi connectivity index (χ0v) is 16.6. The van der Waals surface area contributed by atoms with E-state index < -0.39 is 6.04 Å². The Kier molecular flexibility index (Phi) is 6.08. The Bertz CT molecular complexity index is 986. The molecule has 1 atom stereocenters. The Balaban J connectivity index is 1.80. The van der Waals surface area contributed by atoms with Gasteiger partial charge >= 0.3 is 0 Å². The van der Waals surface area contributed by atoms with E-state index in [2.05, 4.69) is 15.6 Å². The Labute approximate surface area is 166 Å². The summed E-state index contributed by atoms with van der Waals surface area (Å²) in [6.07, 6.45) is 4.19. The lowest BCUT2D eigenvalue weighted by atomic mass is 10.0. The molecule has 1 heterocycles. The van der Waals surface area contributed by atoms with Crippen molar-refractivity contribution in [3.8, 4) is 0 Å². The molecular weight excluding hydrogens is 382 g/mol. The number of aromatic nitrogens is 1. The molecule has 0 unspecified atom stereocenters. The van der Waals surface area contributed by atoms with Crippen LogP contribution in [0.15, 0.2) is 53.6 Å². The van der Waals surface area contributed by atoms with E-state index in [1.54, 1.807) is 12.1 Å². The first-order valence-corrected chi connectivity index (χ1v) is 10.0. The quantitative estimate of drug-likeness (QED) is 0.541. The van der Waals surface area contributed by atoms with Gasteiger partial charge in [-0.05, 0) is 36.1 Å². The lowest BCUT2D eigenvalue weighted by molar-refractivity contribution is -0.125. The first-order valence-electron chi connectivity index (χ1n) is 8.44. The predicted molar refractivity (Wildman–Crippen MR) is 111 cm³/mol. The number of nitrogens with one attached hydrogen (secondary N) is 3. The molecule has 0 saturated carbocycles. The standard InChI is InChI=1S/C20H20ClN3O2S/c1-12(25)23-18(9-13-11-22-17-6-4-3-5-15(13)17)20(26)24-14-7-8-19(27-2)16(21)10-14/h3-8,10-11,18,22H,9H2,1-2H3,(H,23,25)(H,24,26)/t18-/m1/s1. The smallest absolute Gasteiger partial charge is 0.247 e. The molecule has 1 aromatic heterocycles. The first kappa shape index (κ1) is 19.3. The summed E-state index contributed by atoms with van der Waals surface area (Å²) in [6.45, 7) is 1.40. The van der Waals surface area contributed by atoms with Crippen molar-refractivity contribution in [3.63, 3.8) is 0 Å². The van der Waals surface area contributed by atoms with Gasteiger partial charge < -0.3 is 15.6 Å². The number of anilines is 1. The Hall–Kier alpha value is -2.44. The molecule has 0 aliphatic heterocycles. The molecule has 0 aliphatic carbocycles. The summed E-state index contributed by atoms with van der Waals surface area (Å²) in [4.78, 5) is 28.5. The summed E-state index contributed by atoms with van der Waals surface area (Å²) in [5, 5.41) is 7.19. The molecule has 0 fully saturated rings. The fourth-order valence-electron chi connectivity index (χ4n) is 2.95. The number of rotatable bonds is 6. The Morgan fingerprint density at radius 3 is 2.70 bits per heavy atom. The number of H-pyrrole nitrogens is 1. The number of para-hydroxylation sites is 1. The molecule has 5 nitrogen and oxygen atoms in total. The van der Waals surface area contributed by atoms with Crippen molar-refractivity contribution >= 4 is 51.8 Å². The zero-order valence-electron chi connectivity index (χ0n) is 15.0. The third-order valence-corrected chi connectivity index (χ3v) is 5.43. The van der Waals surface area contributed by atoms with Crippen LogP contribution >= 0.6 is 23.4 Å². The van der Waals surface area contributed by atoms with E-state index in [9.17, 15) is 9.59 Å². The van der Waals surface area contributed by atoms with E-state index in [0.29, 0.717) is 17.1 Å². The van der Waals surface area contributed by atoms with Gasteiger partial charge in [0.05, 0.1) is 5.02 Å². The van der Waals surface area contributed by atoms with Crippen molar-refractivity contribution in [3.05, 3.63) is 59.2 Å². The molecule has 0 radical (unpaired) electrons. The van der Waals surface area contributed by atoms with Gasteiger partial charge in [0, 0.05) is 41.0 Å². The summed E-state index contributed by atoms with van der Waals surface area (Å²) in [5.74, 6) is -0.547. The number of benzene rings is 2. The number of hydrogen-bond acceptors (Lipinski definition) is 3. The predicted octanol–water partition coefficient (Wildman–Crippen LogP) is 4.23. The van der Waals surface area contributed by atoms with Gasteiger partial charge in [0.25, 0.3) is 0 Å². The van der Waals surface area contributed by atoms with E-state index >= 15 is 0 Å². The van der Waals surface area contributed by atoms with Crippen LogP contribution < -0.4 is 10.6 Å². The van der Waals surface area contributed by atoms with Gasteiger partial charge in [-0.15, -0.1) is 11.8 Å². The van der Waals surface area contributed by atoms with E-state index in [1.165, 1.54) is 18.7 Å². The van der Waals surface area contributed by atoms with E-state index in [-0.39, 0.29) is 11.8 Å². The average Bonchev–Trinajstić information content (AvgIpc) is 3.04. The van der Waals surface area contributed by atoms with Crippen LogP contribution in [-0.2, 0) is 16.0 Å². The highest BCUT2D eigenvalue weighted by Gasteiger charge is 2.22. The van der Waals surface area contributed by atoms with Crippen molar-refractivity contribution in [1.82, 2.24) is 10.3 Å². The number of fused-ring (bicyclic) bond motifs is 1.